The number of hydrogen-bond acceptors (Lipinski definition) is 3. The van der Waals surface area contributed by atoms with Crippen molar-refractivity contribution < 1.29 is 14.1 Å². The van der Waals surface area contributed by atoms with Crippen LogP contribution in [0.4, 0.5) is 10.1 Å². The zero-order chi connectivity index (χ0) is 11.4. The number of carbonyl (C=O) groups excluding carboxylic acids is 1. The second kappa shape index (κ2) is 4.50. The Morgan fingerprint density at radius 1 is 1.60 bits per heavy atom. The monoisotopic (exact) mass is 212 g/mol. The predicted octanol–water partition coefficient (Wildman–Crippen LogP) is 1.42. The van der Waals surface area contributed by atoms with Crippen LogP contribution < -0.4 is 5.32 Å². The lowest BCUT2D eigenvalue weighted by atomic mass is 10.1. The molecule has 1 aromatic rings. The zero-order valence-electron chi connectivity index (χ0n) is 7.99. The van der Waals surface area contributed by atoms with Gasteiger partial charge in [0.15, 0.2) is 0 Å². The predicted molar refractivity (Wildman–Crippen MR) is 51.3 cm³/mol. The van der Waals surface area contributed by atoms with Gasteiger partial charge in [0, 0.05) is 18.7 Å². The third kappa shape index (κ3) is 2.28. The molecule has 1 rings (SSSR count). The molecule has 0 aromatic heterocycles. The molecule has 0 radical (unpaired) electrons. The quantitative estimate of drug-likeness (QED) is 0.608. The normalized spacial score (nSPS) is 9.73. The fourth-order valence-electron chi connectivity index (χ4n) is 1.16. The van der Waals surface area contributed by atoms with Crippen molar-refractivity contribution in [2.24, 2.45) is 0 Å². The van der Waals surface area contributed by atoms with Crippen molar-refractivity contribution in [3.8, 4) is 0 Å². The number of carbonyl (C=O) groups is 1. The van der Waals surface area contributed by atoms with Gasteiger partial charge in [-0.1, -0.05) is 0 Å². The van der Waals surface area contributed by atoms with E-state index in [-0.39, 0.29) is 16.8 Å². The van der Waals surface area contributed by atoms with Gasteiger partial charge in [0.05, 0.1) is 10.5 Å². The summed E-state index contributed by atoms with van der Waals surface area (Å²) in [5.74, 6) is -0.403. The number of benzene rings is 1. The van der Waals surface area contributed by atoms with Crippen molar-refractivity contribution in [3.05, 3.63) is 39.4 Å². The lowest BCUT2D eigenvalue weighted by molar-refractivity contribution is -0.385. The number of nitrogens with zero attached hydrogens (tertiary/aromatic N) is 1. The van der Waals surface area contributed by atoms with Gasteiger partial charge < -0.3 is 5.32 Å². The summed E-state index contributed by atoms with van der Waals surface area (Å²) in [6, 6.07) is 3.59. The third-order valence-corrected chi connectivity index (χ3v) is 1.91. The van der Waals surface area contributed by atoms with Gasteiger partial charge in [-0.2, -0.15) is 0 Å². The van der Waals surface area contributed by atoms with Crippen LogP contribution in [0.2, 0.25) is 0 Å². The number of hydrogen-bond donors (Lipinski definition) is 1. The van der Waals surface area contributed by atoms with E-state index in [4.69, 9.17) is 0 Å². The maximum absolute atomic E-state index is 12.5. The Bertz CT molecular complexity index is 406. The van der Waals surface area contributed by atoms with Crippen molar-refractivity contribution in [3.63, 3.8) is 0 Å². The first-order valence-corrected chi connectivity index (χ1v) is 4.15. The molecule has 0 aliphatic rings. The summed E-state index contributed by atoms with van der Waals surface area (Å²) in [6.45, 7) is -0.971. The van der Waals surface area contributed by atoms with E-state index < -0.39 is 17.5 Å². The van der Waals surface area contributed by atoms with E-state index in [0.717, 1.165) is 6.07 Å². The Labute approximate surface area is 85.1 Å². The maximum atomic E-state index is 12.5. The molecular formula is C9H9FN2O3. The number of alkyl halides is 1. The SMILES string of the molecule is CNC(=O)c1ccc([N+](=O)[O-])c(CF)c1. The Balaban J connectivity index is 3.19. The molecule has 0 aliphatic carbocycles. The maximum Gasteiger partial charge on any atom is 0.275 e. The van der Waals surface area contributed by atoms with Crippen LogP contribution in [0.25, 0.3) is 0 Å². The number of nitrogens with one attached hydrogen (secondary N) is 1. The van der Waals surface area contributed by atoms with Crippen LogP contribution in [0.1, 0.15) is 15.9 Å². The van der Waals surface area contributed by atoms with Gasteiger partial charge >= 0.3 is 0 Å². The van der Waals surface area contributed by atoms with E-state index in [2.05, 4.69) is 5.32 Å². The summed E-state index contributed by atoms with van der Waals surface area (Å²) in [5, 5.41) is 12.8. The van der Waals surface area contributed by atoms with E-state index in [0.29, 0.717) is 0 Å². The Kier molecular flexibility index (Phi) is 3.33. The second-order valence-corrected chi connectivity index (χ2v) is 2.81. The minimum Gasteiger partial charge on any atom is -0.355 e. The van der Waals surface area contributed by atoms with E-state index in [1.165, 1.54) is 19.2 Å². The highest BCUT2D eigenvalue weighted by atomic mass is 19.1. The molecule has 1 N–H and O–H groups in total. The largest absolute Gasteiger partial charge is 0.355 e. The zero-order valence-corrected chi connectivity index (χ0v) is 7.99. The molecule has 0 spiro atoms. The molecule has 0 saturated heterocycles. The van der Waals surface area contributed by atoms with Crippen LogP contribution in [0.15, 0.2) is 18.2 Å². The van der Waals surface area contributed by atoms with Crippen molar-refractivity contribution >= 4 is 11.6 Å². The molecule has 0 fully saturated rings. The molecule has 0 atom stereocenters. The number of amides is 1. The molecular weight excluding hydrogens is 203 g/mol. The summed E-state index contributed by atoms with van der Waals surface area (Å²) < 4.78 is 12.5. The van der Waals surface area contributed by atoms with Gasteiger partial charge in [0.2, 0.25) is 0 Å². The molecule has 5 nitrogen and oxygen atoms in total. The standard InChI is InChI=1S/C9H9FN2O3/c1-11-9(13)6-2-3-8(12(14)15)7(4-6)5-10/h2-4H,5H2,1H3,(H,11,13). The van der Waals surface area contributed by atoms with Crippen LogP contribution in [0, 0.1) is 10.1 Å². The smallest absolute Gasteiger partial charge is 0.275 e. The first kappa shape index (κ1) is 11.1. The van der Waals surface area contributed by atoms with Crippen molar-refractivity contribution in [1.82, 2.24) is 5.32 Å². The molecule has 0 saturated carbocycles. The first-order chi connectivity index (χ1) is 7.10. The van der Waals surface area contributed by atoms with Crippen LogP contribution in [0.3, 0.4) is 0 Å². The molecule has 1 aromatic carbocycles. The number of halogens is 1. The minimum atomic E-state index is -0.971. The Hall–Kier alpha value is -1.98. The van der Waals surface area contributed by atoms with Gasteiger partial charge in [0.1, 0.15) is 6.67 Å². The molecule has 0 bridgehead atoms. The van der Waals surface area contributed by atoms with Crippen LogP contribution in [-0.4, -0.2) is 17.9 Å². The highest BCUT2D eigenvalue weighted by Gasteiger charge is 2.15. The molecule has 0 aliphatic heterocycles. The molecule has 0 heterocycles. The summed E-state index contributed by atoms with van der Waals surface area (Å²) in [4.78, 5) is 21.0. The molecule has 80 valence electrons. The first-order valence-electron chi connectivity index (χ1n) is 4.15. The van der Waals surface area contributed by atoms with Gasteiger partial charge in [-0.15, -0.1) is 0 Å². The van der Waals surface area contributed by atoms with Crippen LogP contribution >= 0.6 is 0 Å². The van der Waals surface area contributed by atoms with Gasteiger partial charge in [-0.25, -0.2) is 4.39 Å². The summed E-state index contributed by atoms with van der Waals surface area (Å²) >= 11 is 0. The molecule has 0 unspecified atom stereocenters. The molecule has 6 heteroatoms. The lowest BCUT2D eigenvalue weighted by Gasteiger charge is -2.02. The number of nitro benzene ring substituents is 1. The summed E-state index contributed by atoms with van der Waals surface area (Å²) in [5.41, 5.74) is -0.206. The third-order valence-electron chi connectivity index (χ3n) is 1.91. The highest BCUT2D eigenvalue weighted by Crippen LogP contribution is 2.20. The van der Waals surface area contributed by atoms with Gasteiger partial charge in [0.25, 0.3) is 11.6 Å². The Morgan fingerprint density at radius 3 is 2.73 bits per heavy atom. The van der Waals surface area contributed by atoms with Crippen LogP contribution in [0.5, 0.6) is 0 Å². The lowest BCUT2D eigenvalue weighted by Crippen LogP contribution is -2.18. The molecule has 15 heavy (non-hydrogen) atoms. The average Bonchev–Trinajstić information content (AvgIpc) is 2.26. The topological polar surface area (TPSA) is 72.2 Å². The van der Waals surface area contributed by atoms with Crippen molar-refractivity contribution in [1.29, 1.82) is 0 Å². The fraction of sp³-hybridized carbons (Fsp3) is 0.222. The van der Waals surface area contributed by atoms with E-state index in [1.807, 2.05) is 0 Å². The van der Waals surface area contributed by atoms with E-state index in [9.17, 15) is 19.3 Å². The average molecular weight is 212 g/mol. The Morgan fingerprint density at radius 2 is 2.27 bits per heavy atom. The van der Waals surface area contributed by atoms with Gasteiger partial charge in [-0.3, -0.25) is 14.9 Å². The fourth-order valence-corrected chi connectivity index (χ4v) is 1.16. The molecule has 1 amide bonds. The van der Waals surface area contributed by atoms with E-state index in [1.54, 1.807) is 0 Å². The van der Waals surface area contributed by atoms with Crippen molar-refractivity contribution in [2.75, 3.05) is 7.05 Å². The van der Waals surface area contributed by atoms with Crippen LogP contribution in [-0.2, 0) is 6.67 Å². The number of rotatable bonds is 3. The van der Waals surface area contributed by atoms with Crippen molar-refractivity contribution in [2.45, 2.75) is 6.67 Å². The minimum absolute atomic E-state index is 0.0962. The van der Waals surface area contributed by atoms with Gasteiger partial charge in [-0.05, 0) is 12.1 Å². The summed E-state index contributed by atoms with van der Waals surface area (Å²) in [6.07, 6.45) is 0. The highest BCUT2D eigenvalue weighted by molar-refractivity contribution is 5.94. The van der Waals surface area contributed by atoms with E-state index >= 15 is 0 Å². The summed E-state index contributed by atoms with van der Waals surface area (Å²) in [7, 11) is 1.43. The number of nitro groups is 1. The second-order valence-electron chi connectivity index (χ2n) is 2.81.